The molecule has 3 heterocycles. The molecule has 1 unspecified atom stereocenters. The molecule has 3 aromatic rings. The number of aliphatic hydroxyl groups is 1. The number of hydrogen-bond acceptors (Lipinski definition) is 7. The van der Waals surface area contributed by atoms with E-state index in [1.54, 1.807) is 6.07 Å². The van der Waals surface area contributed by atoms with Gasteiger partial charge in [-0.25, -0.2) is 15.0 Å². The highest BCUT2D eigenvalue weighted by atomic mass is 19.1. The maximum Gasteiger partial charge on any atom is 0.226 e. The van der Waals surface area contributed by atoms with Gasteiger partial charge in [-0.05, 0) is 57.2 Å². The van der Waals surface area contributed by atoms with Crippen LogP contribution in [0.4, 0.5) is 16.0 Å². The van der Waals surface area contributed by atoms with Crippen LogP contribution in [0.15, 0.2) is 60.7 Å². The number of aromatic amines is 1. The Balaban J connectivity index is 1.56. The average molecular weight is 477 g/mol. The lowest BCUT2D eigenvalue weighted by atomic mass is 10.0. The van der Waals surface area contributed by atoms with Crippen LogP contribution in [0, 0.1) is 11.9 Å². The van der Waals surface area contributed by atoms with Crippen molar-refractivity contribution in [3.8, 4) is 0 Å². The summed E-state index contributed by atoms with van der Waals surface area (Å²) >= 11 is 0. The van der Waals surface area contributed by atoms with Gasteiger partial charge < -0.3 is 20.7 Å². The average Bonchev–Trinajstić information content (AvgIpc) is 3.60. The van der Waals surface area contributed by atoms with Gasteiger partial charge in [0.1, 0.15) is 23.6 Å². The summed E-state index contributed by atoms with van der Waals surface area (Å²) in [5.41, 5.74) is 2.35. The molecule has 0 amide bonds. The molecule has 1 fully saturated rings. The van der Waals surface area contributed by atoms with Crippen molar-refractivity contribution >= 4 is 28.5 Å². The standard InChI is InChI=1S/C26H29FN6O2/c1-4-18(8-5-15(2)17-6-7-17)32-21-10-9-19(24(27)33-21)23(35)20-13-28-25-22(20)26(30-14-29-25)31-16(3)11-12-34/h4-5,8-10,13-14,16-17,34H,2,6-7,11-12H2,1,3H3,(H,32,33)(H2,28,29,30,31)/b8-5-,18-4+. The van der Waals surface area contributed by atoms with E-state index in [0.717, 1.165) is 11.3 Å². The van der Waals surface area contributed by atoms with Gasteiger partial charge in [0.05, 0.1) is 16.5 Å². The number of pyridine rings is 1. The molecule has 0 radical (unpaired) electrons. The predicted molar refractivity (Wildman–Crippen MR) is 135 cm³/mol. The second-order valence-electron chi connectivity index (χ2n) is 8.62. The van der Waals surface area contributed by atoms with Crippen molar-refractivity contribution < 1.29 is 14.3 Å². The lowest BCUT2D eigenvalue weighted by molar-refractivity contribution is 0.103. The molecule has 9 heteroatoms. The second-order valence-corrected chi connectivity index (χ2v) is 8.62. The number of aliphatic hydroxyl groups excluding tert-OH is 1. The molecule has 1 atom stereocenters. The van der Waals surface area contributed by atoms with E-state index in [-0.39, 0.29) is 29.6 Å². The zero-order valence-corrected chi connectivity index (χ0v) is 19.8. The van der Waals surface area contributed by atoms with Crippen LogP contribution in [0.1, 0.15) is 49.0 Å². The maximum atomic E-state index is 15.0. The smallest absolute Gasteiger partial charge is 0.226 e. The number of ketones is 1. The molecular formula is C26H29FN6O2. The fourth-order valence-electron chi connectivity index (χ4n) is 3.71. The Morgan fingerprint density at radius 3 is 2.80 bits per heavy atom. The maximum absolute atomic E-state index is 15.0. The molecule has 0 aromatic carbocycles. The number of anilines is 2. The lowest BCUT2D eigenvalue weighted by Crippen LogP contribution is -2.18. The first-order valence-electron chi connectivity index (χ1n) is 11.6. The number of nitrogens with zero attached hydrogens (tertiary/aromatic N) is 3. The molecule has 1 saturated carbocycles. The molecule has 4 rings (SSSR count). The summed E-state index contributed by atoms with van der Waals surface area (Å²) in [5.74, 6) is -0.127. The fraction of sp³-hybridized carbons (Fsp3) is 0.308. The van der Waals surface area contributed by atoms with Crippen LogP contribution in [-0.4, -0.2) is 43.5 Å². The Bertz CT molecular complexity index is 1310. The highest BCUT2D eigenvalue weighted by Crippen LogP contribution is 2.36. The fourth-order valence-corrected chi connectivity index (χ4v) is 3.71. The normalized spacial score (nSPS) is 14.9. The predicted octanol–water partition coefficient (Wildman–Crippen LogP) is 4.74. The van der Waals surface area contributed by atoms with Crippen molar-refractivity contribution in [2.45, 2.75) is 39.2 Å². The molecule has 0 aliphatic heterocycles. The van der Waals surface area contributed by atoms with Crippen molar-refractivity contribution in [2.24, 2.45) is 5.92 Å². The Hall–Kier alpha value is -3.85. The number of allylic oxidation sites excluding steroid dienone is 4. The number of carbonyl (C=O) groups is 1. The monoisotopic (exact) mass is 476 g/mol. The first-order valence-corrected chi connectivity index (χ1v) is 11.6. The summed E-state index contributed by atoms with van der Waals surface area (Å²) in [6, 6.07) is 2.89. The third-order valence-electron chi connectivity index (χ3n) is 5.92. The van der Waals surface area contributed by atoms with Crippen LogP contribution >= 0.6 is 0 Å². The minimum Gasteiger partial charge on any atom is -0.396 e. The van der Waals surface area contributed by atoms with E-state index in [1.165, 1.54) is 31.4 Å². The molecule has 4 N–H and O–H groups in total. The molecule has 0 spiro atoms. The number of halogens is 1. The minimum atomic E-state index is -0.879. The minimum absolute atomic E-state index is 0.0125. The van der Waals surface area contributed by atoms with Gasteiger partial charge in [0.25, 0.3) is 0 Å². The van der Waals surface area contributed by atoms with Crippen molar-refractivity contribution in [1.29, 1.82) is 0 Å². The van der Waals surface area contributed by atoms with Gasteiger partial charge in [-0.15, -0.1) is 0 Å². The van der Waals surface area contributed by atoms with E-state index >= 15 is 0 Å². The third kappa shape index (κ3) is 5.63. The third-order valence-corrected chi connectivity index (χ3v) is 5.92. The SMILES string of the molecule is C=C(/C=C\C(=C/C)Nc1ccc(C(=O)c2c[nH]c3ncnc(NC(C)CCO)c23)c(F)n1)C1CC1. The van der Waals surface area contributed by atoms with Gasteiger partial charge in [0, 0.05) is 24.5 Å². The summed E-state index contributed by atoms with van der Waals surface area (Å²) in [6.07, 6.45) is 11.4. The van der Waals surface area contributed by atoms with Crippen molar-refractivity contribution in [3.05, 3.63) is 77.8 Å². The number of fused-ring (bicyclic) bond motifs is 1. The summed E-state index contributed by atoms with van der Waals surface area (Å²) in [4.78, 5) is 28.6. The largest absolute Gasteiger partial charge is 0.396 e. The van der Waals surface area contributed by atoms with Gasteiger partial charge in [0.2, 0.25) is 5.95 Å². The van der Waals surface area contributed by atoms with E-state index in [0.29, 0.717) is 29.2 Å². The Kier molecular flexibility index (Phi) is 7.36. The second kappa shape index (κ2) is 10.6. The van der Waals surface area contributed by atoms with Gasteiger partial charge in [0.15, 0.2) is 5.78 Å². The molecular weight excluding hydrogens is 447 g/mol. The Morgan fingerprint density at radius 2 is 2.11 bits per heavy atom. The van der Waals surface area contributed by atoms with E-state index in [4.69, 9.17) is 0 Å². The number of rotatable bonds is 11. The van der Waals surface area contributed by atoms with Crippen LogP contribution < -0.4 is 10.6 Å². The summed E-state index contributed by atoms with van der Waals surface area (Å²) in [5, 5.41) is 15.9. The molecule has 3 aromatic heterocycles. The quantitative estimate of drug-likeness (QED) is 0.179. The molecule has 0 saturated heterocycles. The molecule has 35 heavy (non-hydrogen) atoms. The number of H-pyrrole nitrogens is 1. The zero-order chi connectivity index (χ0) is 24.9. The Labute approximate surface area is 203 Å². The van der Waals surface area contributed by atoms with E-state index in [9.17, 15) is 14.3 Å². The molecule has 0 bridgehead atoms. The van der Waals surface area contributed by atoms with Crippen LogP contribution in [0.5, 0.6) is 0 Å². The summed E-state index contributed by atoms with van der Waals surface area (Å²) in [7, 11) is 0. The van der Waals surface area contributed by atoms with E-state index in [2.05, 4.69) is 37.1 Å². The van der Waals surface area contributed by atoms with Gasteiger partial charge >= 0.3 is 0 Å². The Morgan fingerprint density at radius 1 is 1.31 bits per heavy atom. The zero-order valence-electron chi connectivity index (χ0n) is 19.8. The van der Waals surface area contributed by atoms with E-state index < -0.39 is 11.7 Å². The number of carbonyl (C=O) groups excluding carboxylic acids is 1. The van der Waals surface area contributed by atoms with Crippen molar-refractivity contribution in [1.82, 2.24) is 19.9 Å². The molecule has 1 aliphatic rings. The van der Waals surface area contributed by atoms with Gasteiger partial charge in [-0.2, -0.15) is 4.39 Å². The van der Waals surface area contributed by atoms with E-state index in [1.807, 2.05) is 32.1 Å². The first-order chi connectivity index (χ1) is 16.9. The van der Waals surface area contributed by atoms with Crippen molar-refractivity contribution in [2.75, 3.05) is 17.2 Å². The van der Waals surface area contributed by atoms with Crippen LogP contribution in [0.2, 0.25) is 0 Å². The topological polar surface area (TPSA) is 116 Å². The summed E-state index contributed by atoms with van der Waals surface area (Å²) < 4.78 is 15.0. The summed E-state index contributed by atoms with van der Waals surface area (Å²) in [6.45, 7) is 7.84. The van der Waals surface area contributed by atoms with Crippen LogP contribution in [-0.2, 0) is 0 Å². The molecule has 8 nitrogen and oxygen atoms in total. The lowest BCUT2D eigenvalue weighted by Gasteiger charge is -2.14. The highest BCUT2D eigenvalue weighted by molar-refractivity contribution is 6.18. The van der Waals surface area contributed by atoms with Crippen molar-refractivity contribution in [3.63, 3.8) is 0 Å². The number of nitrogens with one attached hydrogen (secondary N) is 3. The molecule has 1 aliphatic carbocycles. The first kappa shape index (κ1) is 24.3. The molecule has 182 valence electrons. The van der Waals surface area contributed by atoms with Gasteiger partial charge in [-0.3, -0.25) is 4.79 Å². The number of aromatic nitrogens is 4. The van der Waals surface area contributed by atoms with Crippen LogP contribution in [0.25, 0.3) is 11.0 Å². The van der Waals surface area contributed by atoms with Crippen LogP contribution in [0.3, 0.4) is 0 Å². The number of hydrogen-bond donors (Lipinski definition) is 4. The highest BCUT2D eigenvalue weighted by Gasteiger charge is 2.23. The van der Waals surface area contributed by atoms with Gasteiger partial charge in [-0.1, -0.05) is 24.3 Å².